The molecule has 1 aromatic carbocycles. The van der Waals surface area contributed by atoms with Crippen molar-refractivity contribution in [2.45, 2.75) is 37.4 Å². The van der Waals surface area contributed by atoms with Crippen LogP contribution in [0.2, 0.25) is 0 Å². The molecule has 0 spiro atoms. The Hall–Kier alpha value is -1.89. The van der Waals surface area contributed by atoms with Crippen LogP contribution >= 0.6 is 11.8 Å². The maximum atomic E-state index is 10.7. The van der Waals surface area contributed by atoms with Gasteiger partial charge in [0.2, 0.25) is 5.16 Å². The molecule has 0 fully saturated rings. The van der Waals surface area contributed by atoms with Crippen molar-refractivity contribution in [2.24, 2.45) is 0 Å². The Morgan fingerprint density at radius 3 is 2.71 bits per heavy atom. The van der Waals surface area contributed by atoms with Crippen molar-refractivity contribution in [1.29, 1.82) is 0 Å². The van der Waals surface area contributed by atoms with Crippen molar-refractivity contribution in [3.63, 3.8) is 0 Å². The van der Waals surface area contributed by atoms with E-state index < -0.39 is 5.97 Å². The van der Waals surface area contributed by atoms with Crippen molar-refractivity contribution in [2.75, 3.05) is 5.75 Å². The average molecular weight is 306 g/mol. The van der Waals surface area contributed by atoms with E-state index in [1.54, 1.807) is 4.68 Å². The molecule has 0 amide bonds. The Morgan fingerprint density at radius 2 is 2.05 bits per heavy atom. The summed E-state index contributed by atoms with van der Waals surface area (Å²) in [5.74, 6) is -0.925. The summed E-state index contributed by atoms with van der Waals surface area (Å²) in [5.41, 5.74) is 0.985. The lowest BCUT2D eigenvalue weighted by atomic mass is 9.95. The lowest BCUT2D eigenvalue weighted by molar-refractivity contribution is -0.133. The van der Waals surface area contributed by atoms with E-state index in [0.29, 0.717) is 5.16 Å². The van der Waals surface area contributed by atoms with Gasteiger partial charge in [-0.1, -0.05) is 42.1 Å². The molecule has 0 aliphatic carbocycles. The number of hydrogen-bond donors (Lipinski definition) is 1. The molecule has 112 valence electrons. The molecule has 2 aromatic rings. The van der Waals surface area contributed by atoms with Gasteiger partial charge in [0.1, 0.15) is 0 Å². The molecule has 0 atom stereocenters. The van der Waals surface area contributed by atoms with E-state index in [0.717, 1.165) is 24.6 Å². The summed E-state index contributed by atoms with van der Waals surface area (Å²) in [6.45, 7) is 4.11. The van der Waals surface area contributed by atoms with Gasteiger partial charge in [0.05, 0.1) is 11.3 Å². The molecule has 1 heterocycles. The largest absolute Gasteiger partial charge is 0.481 e. The van der Waals surface area contributed by atoms with Gasteiger partial charge in [-0.2, -0.15) is 0 Å². The molecule has 0 saturated carbocycles. The van der Waals surface area contributed by atoms with Gasteiger partial charge in [-0.05, 0) is 42.7 Å². The standard InChI is InChI=1S/C14H18N4O2S/c1-14(2,9-8-11-6-4-3-5-7-11)18-13(15-16-17-18)21-10-12(19)20/h3-7H,8-10H2,1-2H3,(H,19,20). The zero-order valence-electron chi connectivity index (χ0n) is 12.1. The molecule has 0 aliphatic rings. The maximum Gasteiger partial charge on any atom is 0.313 e. The van der Waals surface area contributed by atoms with Crippen LogP contribution in [-0.4, -0.2) is 37.0 Å². The monoisotopic (exact) mass is 306 g/mol. The lowest BCUT2D eigenvalue weighted by Crippen LogP contribution is -2.29. The van der Waals surface area contributed by atoms with Gasteiger partial charge in [-0.15, -0.1) is 5.10 Å². The summed E-state index contributed by atoms with van der Waals surface area (Å²) in [6.07, 6.45) is 1.78. The van der Waals surface area contributed by atoms with Gasteiger partial charge < -0.3 is 5.11 Å². The number of nitrogens with zero attached hydrogens (tertiary/aromatic N) is 4. The molecule has 0 unspecified atom stereocenters. The fourth-order valence-corrected chi connectivity index (χ4v) is 2.73. The smallest absolute Gasteiger partial charge is 0.313 e. The average Bonchev–Trinajstić information content (AvgIpc) is 2.93. The zero-order valence-corrected chi connectivity index (χ0v) is 12.9. The number of aryl methyl sites for hydroxylation is 1. The molecule has 0 radical (unpaired) electrons. The van der Waals surface area contributed by atoms with Crippen LogP contribution in [0.25, 0.3) is 0 Å². The summed E-state index contributed by atoms with van der Waals surface area (Å²) in [5, 5.41) is 20.9. The second kappa shape index (κ2) is 6.71. The molecule has 1 N–H and O–H groups in total. The highest BCUT2D eigenvalue weighted by Crippen LogP contribution is 2.26. The number of tetrazole rings is 1. The molecule has 0 bridgehead atoms. The van der Waals surface area contributed by atoms with Gasteiger partial charge in [0, 0.05) is 0 Å². The number of aromatic nitrogens is 4. The molecule has 0 aliphatic heterocycles. The summed E-state index contributed by atoms with van der Waals surface area (Å²) in [4.78, 5) is 10.7. The fraction of sp³-hybridized carbons (Fsp3) is 0.429. The molecular weight excluding hydrogens is 288 g/mol. The minimum atomic E-state index is -0.878. The Labute approximate surface area is 127 Å². The number of benzene rings is 1. The first-order chi connectivity index (χ1) is 9.99. The van der Waals surface area contributed by atoms with E-state index in [1.165, 1.54) is 5.56 Å². The van der Waals surface area contributed by atoms with Crippen molar-refractivity contribution < 1.29 is 9.90 Å². The van der Waals surface area contributed by atoms with Crippen LogP contribution in [0.5, 0.6) is 0 Å². The first kappa shape index (κ1) is 15.5. The third-order valence-electron chi connectivity index (χ3n) is 3.21. The summed E-state index contributed by atoms with van der Waals surface area (Å²) >= 11 is 1.14. The number of carbonyl (C=O) groups is 1. The maximum absolute atomic E-state index is 10.7. The Morgan fingerprint density at radius 1 is 1.33 bits per heavy atom. The number of carboxylic acids is 1. The predicted molar refractivity (Wildman–Crippen MR) is 80.3 cm³/mol. The van der Waals surface area contributed by atoms with Gasteiger partial charge in [0.15, 0.2) is 0 Å². The predicted octanol–water partition coefficient (Wildman–Crippen LogP) is 2.22. The molecule has 0 saturated heterocycles. The topological polar surface area (TPSA) is 80.9 Å². The van der Waals surface area contributed by atoms with E-state index in [4.69, 9.17) is 5.11 Å². The molecule has 6 nitrogen and oxygen atoms in total. The SMILES string of the molecule is CC(C)(CCc1ccccc1)n1nnnc1SCC(=O)O. The number of hydrogen-bond acceptors (Lipinski definition) is 5. The molecular formula is C14H18N4O2S. The fourth-order valence-electron chi connectivity index (χ4n) is 1.98. The highest BCUT2D eigenvalue weighted by Gasteiger charge is 2.25. The van der Waals surface area contributed by atoms with Gasteiger partial charge in [-0.3, -0.25) is 4.79 Å². The lowest BCUT2D eigenvalue weighted by Gasteiger charge is -2.25. The highest BCUT2D eigenvalue weighted by atomic mass is 32.2. The van der Waals surface area contributed by atoms with Crippen LogP contribution in [0, 0.1) is 0 Å². The summed E-state index contributed by atoms with van der Waals surface area (Å²) < 4.78 is 1.71. The van der Waals surface area contributed by atoms with Crippen molar-refractivity contribution >= 4 is 17.7 Å². The molecule has 2 rings (SSSR count). The summed E-state index contributed by atoms with van der Waals surface area (Å²) in [7, 11) is 0. The number of carboxylic acid groups (broad SMARTS) is 1. The van der Waals surface area contributed by atoms with Crippen LogP contribution in [0.3, 0.4) is 0 Å². The number of aliphatic carboxylic acids is 1. The quantitative estimate of drug-likeness (QED) is 0.790. The van der Waals surface area contributed by atoms with Crippen LogP contribution in [0.1, 0.15) is 25.8 Å². The van der Waals surface area contributed by atoms with Gasteiger partial charge in [-0.25, -0.2) is 4.68 Å². The van der Waals surface area contributed by atoms with Crippen LogP contribution in [0.4, 0.5) is 0 Å². The van der Waals surface area contributed by atoms with Crippen molar-refractivity contribution in [3.8, 4) is 0 Å². The third-order valence-corrected chi connectivity index (χ3v) is 4.11. The molecule has 21 heavy (non-hydrogen) atoms. The first-order valence-electron chi connectivity index (χ1n) is 6.66. The minimum absolute atomic E-state index is 0.0465. The molecule has 1 aromatic heterocycles. The molecule has 7 heteroatoms. The Bertz CT molecular complexity index is 598. The first-order valence-corrected chi connectivity index (χ1v) is 7.65. The van der Waals surface area contributed by atoms with Gasteiger partial charge >= 0.3 is 5.97 Å². The van der Waals surface area contributed by atoms with E-state index in [-0.39, 0.29) is 11.3 Å². The van der Waals surface area contributed by atoms with E-state index in [1.807, 2.05) is 18.2 Å². The summed E-state index contributed by atoms with van der Waals surface area (Å²) in [6, 6.07) is 10.2. The van der Waals surface area contributed by atoms with E-state index >= 15 is 0 Å². The number of rotatable bonds is 7. The number of thioether (sulfide) groups is 1. The van der Waals surface area contributed by atoms with E-state index in [9.17, 15) is 4.79 Å². The second-order valence-corrected chi connectivity index (χ2v) is 6.30. The van der Waals surface area contributed by atoms with Gasteiger partial charge in [0.25, 0.3) is 0 Å². The normalized spacial score (nSPS) is 11.5. The van der Waals surface area contributed by atoms with Crippen molar-refractivity contribution in [1.82, 2.24) is 20.2 Å². The minimum Gasteiger partial charge on any atom is -0.481 e. The highest BCUT2D eigenvalue weighted by molar-refractivity contribution is 7.99. The third kappa shape index (κ3) is 4.29. The van der Waals surface area contributed by atoms with E-state index in [2.05, 4.69) is 41.5 Å². The van der Waals surface area contributed by atoms with Crippen LogP contribution in [-0.2, 0) is 16.8 Å². The zero-order chi connectivity index (χ0) is 15.3. The van der Waals surface area contributed by atoms with Crippen LogP contribution < -0.4 is 0 Å². The Balaban J connectivity index is 2.05. The van der Waals surface area contributed by atoms with Crippen molar-refractivity contribution in [3.05, 3.63) is 35.9 Å². The Kier molecular flexibility index (Phi) is 4.95. The second-order valence-electron chi connectivity index (χ2n) is 5.35. The van der Waals surface area contributed by atoms with Crippen LogP contribution in [0.15, 0.2) is 35.5 Å².